The molecule has 1 fully saturated rings. The third kappa shape index (κ3) is 5.59. The fraction of sp³-hybridized carbons (Fsp3) is 0.625. The van der Waals surface area contributed by atoms with Crippen LogP contribution in [0.5, 0.6) is 5.88 Å². The van der Waals surface area contributed by atoms with E-state index in [-0.39, 0.29) is 29.0 Å². The first-order valence-corrected chi connectivity index (χ1v) is 13.0. The Morgan fingerprint density at radius 2 is 2.00 bits per heavy atom. The van der Waals surface area contributed by atoms with Crippen LogP contribution in [0, 0.1) is 11.7 Å². The number of rotatable bonds is 7. The Labute approximate surface area is 206 Å². The van der Waals surface area contributed by atoms with E-state index in [0.717, 1.165) is 47.9 Å². The van der Waals surface area contributed by atoms with Crippen molar-refractivity contribution < 1.29 is 27.1 Å². The van der Waals surface area contributed by atoms with Gasteiger partial charge in [-0.15, -0.1) is 0 Å². The Morgan fingerprint density at radius 3 is 2.66 bits per heavy atom. The second kappa shape index (κ2) is 10.4. The molecule has 0 radical (unpaired) electrons. The van der Waals surface area contributed by atoms with E-state index in [1.165, 1.54) is 0 Å². The SMILES string of the molecule is CC(C)n1nc(-c2cc(OC(F)C(F)F)ncc2F)c2c1CC(C(=O)NC1(C)CCSCC1)CC2. The molecule has 0 bridgehead atoms. The molecule has 2 aliphatic rings. The van der Waals surface area contributed by atoms with Gasteiger partial charge in [-0.3, -0.25) is 9.48 Å². The van der Waals surface area contributed by atoms with Gasteiger partial charge in [0.15, 0.2) is 5.82 Å². The third-order valence-electron chi connectivity index (χ3n) is 6.70. The zero-order valence-electron chi connectivity index (χ0n) is 20.0. The molecule has 4 rings (SSSR count). The molecule has 3 heterocycles. The highest BCUT2D eigenvalue weighted by Crippen LogP contribution is 2.37. The van der Waals surface area contributed by atoms with Gasteiger partial charge in [0.1, 0.15) is 0 Å². The minimum atomic E-state index is -3.35. The predicted octanol–water partition coefficient (Wildman–Crippen LogP) is 5.11. The Kier molecular flexibility index (Phi) is 7.63. The number of hydrogen-bond donors (Lipinski definition) is 1. The van der Waals surface area contributed by atoms with Crippen molar-refractivity contribution in [1.29, 1.82) is 0 Å². The molecule has 1 aliphatic heterocycles. The maximum absolute atomic E-state index is 14.8. The summed E-state index contributed by atoms with van der Waals surface area (Å²) in [4.78, 5) is 16.7. The van der Waals surface area contributed by atoms with E-state index in [9.17, 15) is 22.4 Å². The molecule has 192 valence electrons. The molecule has 2 aromatic heterocycles. The van der Waals surface area contributed by atoms with Gasteiger partial charge < -0.3 is 10.1 Å². The van der Waals surface area contributed by atoms with Gasteiger partial charge in [0.25, 0.3) is 6.36 Å². The quantitative estimate of drug-likeness (QED) is 0.520. The number of hydrogen-bond acceptors (Lipinski definition) is 5. The number of halogens is 4. The number of nitrogens with zero attached hydrogens (tertiary/aromatic N) is 3. The summed E-state index contributed by atoms with van der Waals surface area (Å²) in [5.41, 5.74) is 1.78. The number of alkyl halides is 3. The maximum Gasteiger partial charge on any atom is 0.304 e. The first-order chi connectivity index (χ1) is 16.6. The van der Waals surface area contributed by atoms with Crippen LogP contribution in [0.1, 0.15) is 57.3 Å². The second-order valence-corrected chi connectivity index (χ2v) is 10.9. The van der Waals surface area contributed by atoms with Crippen molar-refractivity contribution in [3.05, 3.63) is 29.3 Å². The van der Waals surface area contributed by atoms with Gasteiger partial charge in [0.05, 0.1) is 11.9 Å². The number of thioether (sulfide) groups is 1. The van der Waals surface area contributed by atoms with Crippen LogP contribution in [-0.2, 0) is 17.6 Å². The van der Waals surface area contributed by atoms with Crippen LogP contribution in [0.15, 0.2) is 12.3 Å². The van der Waals surface area contributed by atoms with Gasteiger partial charge in [-0.1, -0.05) is 0 Å². The molecule has 6 nitrogen and oxygen atoms in total. The smallest absolute Gasteiger partial charge is 0.304 e. The van der Waals surface area contributed by atoms with Crippen LogP contribution in [0.2, 0.25) is 0 Å². The molecular weight excluding hydrogens is 484 g/mol. The van der Waals surface area contributed by atoms with E-state index in [4.69, 9.17) is 0 Å². The summed E-state index contributed by atoms with van der Waals surface area (Å²) < 4.78 is 59.6. The fourth-order valence-electron chi connectivity index (χ4n) is 4.68. The Hall–Kier alpha value is -2.30. The van der Waals surface area contributed by atoms with Crippen LogP contribution in [0.3, 0.4) is 0 Å². The van der Waals surface area contributed by atoms with E-state index in [1.807, 2.05) is 25.6 Å². The van der Waals surface area contributed by atoms with Gasteiger partial charge >= 0.3 is 6.43 Å². The average Bonchev–Trinajstić information content (AvgIpc) is 3.19. The van der Waals surface area contributed by atoms with Crippen LogP contribution in [0.4, 0.5) is 17.6 Å². The number of ether oxygens (including phenoxy) is 1. The minimum Gasteiger partial charge on any atom is -0.437 e. The van der Waals surface area contributed by atoms with Gasteiger partial charge in [-0.05, 0) is 58.0 Å². The number of fused-ring (bicyclic) bond motifs is 1. The number of carbonyl (C=O) groups excluding carboxylic acids is 1. The van der Waals surface area contributed by atoms with E-state index in [0.29, 0.717) is 25.0 Å². The summed E-state index contributed by atoms with van der Waals surface area (Å²) in [5.74, 6) is 0.681. The molecule has 35 heavy (non-hydrogen) atoms. The summed E-state index contributed by atoms with van der Waals surface area (Å²) in [6.07, 6.45) is -1.99. The van der Waals surface area contributed by atoms with Crippen LogP contribution in [-0.4, -0.2) is 50.5 Å². The van der Waals surface area contributed by atoms with Crippen molar-refractivity contribution in [3.63, 3.8) is 0 Å². The van der Waals surface area contributed by atoms with Crippen molar-refractivity contribution in [1.82, 2.24) is 20.1 Å². The lowest BCUT2D eigenvalue weighted by atomic mass is 9.84. The topological polar surface area (TPSA) is 69.0 Å². The van der Waals surface area contributed by atoms with E-state index >= 15 is 0 Å². The highest BCUT2D eigenvalue weighted by Gasteiger charge is 2.36. The number of aromatic nitrogens is 3. The molecule has 1 amide bonds. The lowest BCUT2D eigenvalue weighted by Gasteiger charge is -2.36. The van der Waals surface area contributed by atoms with Crippen LogP contribution in [0.25, 0.3) is 11.3 Å². The highest BCUT2D eigenvalue weighted by molar-refractivity contribution is 7.99. The normalized spacial score (nSPS) is 20.5. The third-order valence-corrected chi connectivity index (χ3v) is 7.68. The number of carbonyl (C=O) groups is 1. The largest absolute Gasteiger partial charge is 0.437 e. The van der Waals surface area contributed by atoms with Gasteiger partial charge in [0.2, 0.25) is 11.8 Å². The molecule has 2 atom stereocenters. The van der Waals surface area contributed by atoms with Crippen molar-refractivity contribution >= 4 is 17.7 Å². The lowest BCUT2D eigenvalue weighted by molar-refractivity contribution is -0.127. The lowest BCUT2D eigenvalue weighted by Crippen LogP contribution is -2.51. The van der Waals surface area contributed by atoms with Crippen LogP contribution >= 0.6 is 11.8 Å². The molecule has 2 aromatic rings. The first kappa shape index (κ1) is 25.8. The molecule has 2 unspecified atom stereocenters. The number of pyridine rings is 1. The van der Waals surface area contributed by atoms with Gasteiger partial charge in [-0.2, -0.15) is 21.3 Å². The number of nitrogens with one attached hydrogen (secondary N) is 1. The van der Waals surface area contributed by atoms with Crippen molar-refractivity contribution in [2.24, 2.45) is 5.92 Å². The van der Waals surface area contributed by atoms with Gasteiger partial charge in [-0.25, -0.2) is 18.2 Å². The first-order valence-electron chi connectivity index (χ1n) is 11.8. The zero-order chi connectivity index (χ0) is 25.3. The second-order valence-electron chi connectivity index (χ2n) is 9.72. The molecular formula is C24H30F4N4O2S. The van der Waals surface area contributed by atoms with E-state index < -0.39 is 24.5 Å². The van der Waals surface area contributed by atoms with E-state index in [2.05, 4.69) is 27.1 Å². The highest BCUT2D eigenvalue weighted by atomic mass is 32.2. The van der Waals surface area contributed by atoms with E-state index in [1.54, 1.807) is 4.68 Å². The molecule has 0 aromatic carbocycles. The van der Waals surface area contributed by atoms with Crippen molar-refractivity contribution in [2.45, 2.75) is 77.2 Å². The number of amides is 1. The summed E-state index contributed by atoms with van der Waals surface area (Å²) in [7, 11) is 0. The molecule has 11 heteroatoms. The van der Waals surface area contributed by atoms with Gasteiger partial charge in [0, 0.05) is 46.8 Å². The summed E-state index contributed by atoms with van der Waals surface area (Å²) >= 11 is 1.90. The summed E-state index contributed by atoms with van der Waals surface area (Å²) in [6, 6.07) is 1.04. The van der Waals surface area contributed by atoms with Crippen molar-refractivity contribution in [3.8, 4) is 17.1 Å². The molecule has 0 spiro atoms. The summed E-state index contributed by atoms with van der Waals surface area (Å²) in [6.45, 7) is 5.97. The predicted molar refractivity (Wildman–Crippen MR) is 126 cm³/mol. The standard InChI is InChI=1S/C24H30F4N4O2S/c1-13(2)32-18-10-14(23(33)30-24(3)6-8-35-9-7-24)4-5-15(18)20(31-32)16-11-19(29-12-17(16)25)34-22(28)21(26)27/h11-14,21-22H,4-10H2,1-3H3,(H,30,33). The molecule has 1 saturated heterocycles. The monoisotopic (exact) mass is 514 g/mol. The Morgan fingerprint density at radius 1 is 1.29 bits per heavy atom. The maximum atomic E-state index is 14.8. The summed E-state index contributed by atoms with van der Waals surface area (Å²) in [5, 5.41) is 7.88. The Balaban J connectivity index is 1.61. The molecule has 1 N–H and O–H groups in total. The minimum absolute atomic E-state index is 0.00207. The Bertz CT molecular complexity index is 1070. The fourth-order valence-corrected chi connectivity index (χ4v) is 6.08. The molecule has 0 saturated carbocycles. The molecule has 1 aliphatic carbocycles. The zero-order valence-corrected chi connectivity index (χ0v) is 20.8. The van der Waals surface area contributed by atoms with Crippen molar-refractivity contribution in [2.75, 3.05) is 11.5 Å². The van der Waals surface area contributed by atoms with Crippen LogP contribution < -0.4 is 10.1 Å². The average molecular weight is 515 g/mol.